The summed E-state index contributed by atoms with van der Waals surface area (Å²) in [7, 11) is 0. The second kappa shape index (κ2) is 4.63. The lowest BCUT2D eigenvalue weighted by Crippen LogP contribution is -2.48. The molecule has 0 bridgehead atoms. The lowest BCUT2D eigenvalue weighted by Gasteiger charge is -2.33. The molecule has 0 amide bonds. The Morgan fingerprint density at radius 1 is 1.31 bits per heavy atom. The summed E-state index contributed by atoms with van der Waals surface area (Å²) >= 11 is 0. The molecule has 0 aromatic heterocycles. The highest BCUT2D eigenvalue weighted by Crippen LogP contribution is 2.29. The molecule has 0 radical (unpaired) electrons. The number of hydrogen-bond acceptors (Lipinski definition) is 3. The van der Waals surface area contributed by atoms with Crippen LogP contribution in [0.15, 0.2) is 0 Å². The second-order valence-corrected chi connectivity index (χ2v) is 6.02. The molecule has 1 saturated carbocycles. The van der Waals surface area contributed by atoms with Crippen LogP contribution in [0.2, 0.25) is 0 Å². The Labute approximate surface area is 99.0 Å². The number of nitrogens with one attached hydrogen (secondary N) is 2. The smallest absolute Gasteiger partial charge is 0.0207 e. The Bertz CT molecular complexity index is 235. The number of hydrogen-bond donors (Lipinski definition) is 2. The van der Waals surface area contributed by atoms with Crippen molar-refractivity contribution in [2.45, 2.75) is 38.3 Å². The van der Waals surface area contributed by atoms with Crippen LogP contribution in [0.3, 0.4) is 0 Å². The number of likely N-dealkylation sites (tertiary alicyclic amines) is 1. The van der Waals surface area contributed by atoms with Gasteiger partial charge in [-0.2, -0.15) is 0 Å². The average molecular weight is 223 g/mol. The zero-order valence-electron chi connectivity index (χ0n) is 10.4. The van der Waals surface area contributed by atoms with E-state index in [-0.39, 0.29) is 0 Å². The highest BCUT2D eigenvalue weighted by molar-refractivity contribution is 4.92. The predicted octanol–water partition coefficient (Wildman–Crippen LogP) is 0.668. The van der Waals surface area contributed by atoms with Gasteiger partial charge in [0.1, 0.15) is 0 Å². The fraction of sp³-hybridized carbons (Fsp3) is 1.00. The van der Waals surface area contributed by atoms with Gasteiger partial charge in [-0.15, -0.1) is 0 Å². The third kappa shape index (κ3) is 2.41. The predicted molar refractivity (Wildman–Crippen MR) is 66.5 cm³/mol. The second-order valence-electron chi connectivity index (χ2n) is 6.02. The molecular weight excluding hydrogens is 198 g/mol. The molecule has 2 unspecified atom stereocenters. The molecule has 2 heterocycles. The topological polar surface area (TPSA) is 27.3 Å². The van der Waals surface area contributed by atoms with E-state index in [0.717, 1.165) is 23.9 Å². The maximum atomic E-state index is 3.77. The van der Waals surface area contributed by atoms with Crippen LogP contribution in [0.25, 0.3) is 0 Å². The lowest BCUT2D eigenvalue weighted by atomic mass is 9.89. The third-order valence-electron chi connectivity index (χ3n) is 4.63. The van der Waals surface area contributed by atoms with Crippen LogP contribution < -0.4 is 10.6 Å². The highest BCUT2D eigenvalue weighted by Gasteiger charge is 2.34. The van der Waals surface area contributed by atoms with Gasteiger partial charge < -0.3 is 10.6 Å². The van der Waals surface area contributed by atoms with E-state index in [1.54, 1.807) is 0 Å². The lowest BCUT2D eigenvalue weighted by molar-refractivity contribution is 0.235. The van der Waals surface area contributed by atoms with Crippen molar-refractivity contribution in [1.82, 2.24) is 15.5 Å². The van der Waals surface area contributed by atoms with Gasteiger partial charge in [0.15, 0.2) is 0 Å². The van der Waals surface area contributed by atoms with Gasteiger partial charge in [0.25, 0.3) is 0 Å². The molecule has 0 aromatic rings. The van der Waals surface area contributed by atoms with Gasteiger partial charge in [0.05, 0.1) is 0 Å². The summed E-state index contributed by atoms with van der Waals surface area (Å²) in [5.74, 6) is 1.77. The van der Waals surface area contributed by atoms with Crippen LogP contribution in [-0.4, -0.2) is 49.7 Å². The van der Waals surface area contributed by atoms with Crippen LogP contribution >= 0.6 is 0 Å². The Balaban J connectivity index is 1.35. The van der Waals surface area contributed by atoms with E-state index in [1.807, 2.05) is 0 Å². The van der Waals surface area contributed by atoms with Crippen molar-refractivity contribution in [1.29, 1.82) is 0 Å². The minimum absolute atomic E-state index is 0.774. The van der Waals surface area contributed by atoms with E-state index in [2.05, 4.69) is 22.5 Å². The largest absolute Gasteiger partial charge is 0.316 e. The first kappa shape index (κ1) is 11.0. The molecule has 1 aliphatic carbocycles. The molecule has 2 saturated heterocycles. The first-order chi connectivity index (χ1) is 7.83. The van der Waals surface area contributed by atoms with Crippen molar-refractivity contribution in [3.05, 3.63) is 0 Å². The molecule has 2 N–H and O–H groups in total. The van der Waals surface area contributed by atoms with Crippen molar-refractivity contribution < 1.29 is 0 Å². The van der Waals surface area contributed by atoms with Crippen molar-refractivity contribution in [3.8, 4) is 0 Å². The highest BCUT2D eigenvalue weighted by atomic mass is 15.2. The number of rotatable bonds is 5. The van der Waals surface area contributed by atoms with Gasteiger partial charge in [0.2, 0.25) is 0 Å². The summed E-state index contributed by atoms with van der Waals surface area (Å²) in [6.45, 7) is 8.73. The molecule has 2 aliphatic heterocycles. The maximum absolute atomic E-state index is 3.77. The van der Waals surface area contributed by atoms with Crippen molar-refractivity contribution in [3.63, 3.8) is 0 Å². The Morgan fingerprint density at radius 3 is 2.75 bits per heavy atom. The van der Waals surface area contributed by atoms with Crippen molar-refractivity contribution >= 4 is 0 Å². The molecule has 92 valence electrons. The standard InChI is InChI=1S/C13H25N3/c1-10(11-7-14-8-11)6-15-12-4-5-16(9-12)13-2-3-13/h10-15H,2-9H2,1H3. The molecule has 16 heavy (non-hydrogen) atoms. The SMILES string of the molecule is CC(CNC1CCN(C2CC2)C1)C1CNC1. The zero-order chi connectivity index (χ0) is 11.0. The summed E-state index contributed by atoms with van der Waals surface area (Å²) in [6.07, 6.45) is 4.28. The van der Waals surface area contributed by atoms with Crippen LogP contribution in [0.4, 0.5) is 0 Å². The summed E-state index contributed by atoms with van der Waals surface area (Å²) in [6, 6.07) is 1.73. The zero-order valence-corrected chi connectivity index (χ0v) is 10.4. The van der Waals surface area contributed by atoms with E-state index in [0.29, 0.717) is 0 Å². The fourth-order valence-electron chi connectivity index (χ4n) is 2.96. The molecule has 3 heteroatoms. The average Bonchev–Trinajstić information content (AvgIpc) is 2.93. The van der Waals surface area contributed by atoms with E-state index in [9.17, 15) is 0 Å². The van der Waals surface area contributed by atoms with Gasteiger partial charge in [0, 0.05) is 25.2 Å². The minimum Gasteiger partial charge on any atom is -0.316 e. The summed E-state index contributed by atoms with van der Waals surface area (Å²) < 4.78 is 0. The van der Waals surface area contributed by atoms with Gasteiger partial charge in [-0.3, -0.25) is 4.90 Å². The number of nitrogens with zero attached hydrogens (tertiary/aromatic N) is 1. The molecule has 3 aliphatic rings. The van der Waals surface area contributed by atoms with E-state index >= 15 is 0 Å². The molecule has 2 atom stereocenters. The normalized spacial score (nSPS) is 33.9. The maximum Gasteiger partial charge on any atom is 0.0207 e. The van der Waals surface area contributed by atoms with Crippen molar-refractivity contribution in [2.24, 2.45) is 11.8 Å². The molecule has 3 fully saturated rings. The first-order valence-corrected chi connectivity index (χ1v) is 7.01. The monoisotopic (exact) mass is 223 g/mol. The Kier molecular flexibility index (Phi) is 3.18. The van der Waals surface area contributed by atoms with E-state index < -0.39 is 0 Å². The van der Waals surface area contributed by atoms with E-state index in [4.69, 9.17) is 0 Å². The Hall–Kier alpha value is -0.120. The molecule has 3 rings (SSSR count). The summed E-state index contributed by atoms with van der Waals surface area (Å²) in [4.78, 5) is 2.69. The van der Waals surface area contributed by atoms with Gasteiger partial charge in [-0.25, -0.2) is 0 Å². The fourth-order valence-corrected chi connectivity index (χ4v) is 2.96. The summed E-state index contributed by atoms with van der Waals surface area (Å²) in [5, 5.41) is 7.14. The van der Waals surface area contributed by atoms with Crippen LogP contribution in [-0.2, 0) is 0 Å². The van der Waals surface area contributed by atoms with Gasteiger partial charge in [-0.05, 0) is 50.7 Å². The van der Waals surface area contributed by atoms with Crippen LogP contribution in [0, 0.1) is 11.8 Å². The van der Waals surface area contributed by atoms with Crippen molar-refractivity contribution in [2.75, 3.05) is 32.7 Å². The summed E-state index contributed by atoms with van der Waals surface area (Å²) in [5.41, 5.74) is 0. The molecule has 0 aromatic carbocycles. The minimum atomic E-state index is 0.774. The van der Waals surface area contributed by atoms with E-state index in [1.165, 1.54) is 52.0 Å². The molecule has 3 nitrogen and oxygen atoms in total. The van der Waals surface area contributed by atoms with Crippen LogP contribution in [0.1, 0.15) is 26.2 Å². The Morgan fingerprint density at radius 2 is 2.12 bits per heavy atom. The van der Waals surface area contributed by atoms with Crippen LogP contribution in [0.5, 0.6) is 0 Å². The third-order valence-corrected chi connectivity index (χ3v) is 4.63. The molecular formula is C13H25N3. The molecule has 0 spiro atoms. The van der Waals surface area contributed by atoms with Gasteiger partial charge >= 0.3 is 0 Å². The van der Waals surface area contributed by atoms with Gasteiger partial charge in [-0.1, -0.05) is 6.92 Å². The quantitative estimate of drug-likeness (QED) is 0.717. The first-order valence-electron chi connectivity index (χ1n) is 7.01.